The number of nitrogens with one attached hydrogen (secondary N) is 1. The molecule has 1 heterocycles. The fraction of sp³-hybridized carbons (Fsp3) is 0.409. The van der Waals surface area contributed by atoms with Crippen molar-refractivity contribution in [3.05, 3.63) is 60.2 Å². The minimum absolute atomic E-state index is 0.0415. The number of benzene rings is 2. The van der Waals surface area contributed by atoms with Crippen LogP contribution in [-0.4, -0.2) is 37.0 Å². The van der Waals surface area contributed by atoms with Crippen LogP contribution in [0.5, 0.6) is 0 Å². The third-order valence-electron chi connectivity index (χ3n) is 4.79. The molecule has 2 aromatic rings. The van der Waals surface area contributed by atoms with Crippen molar-refractivity contribution in [3.63, 3.8) is 0 Å². The number of amides is 1. The molecule has 1 fully saturated rings. The van der Waals surface area contributed by atoms with Crippen molar-refractivity contribution >= 4 is 17.3 Å². The van der Waals surface area contributed by atoms with Crippen LogP contribution in [-0.2, 0) is 11.3 Å². The standard InChI is InChI=1S/C22H29N3O/c1-22(2,3)21(26)23-19-9-11-20(12-10-19)25-15-13-24(14-16-25)17-18-7-5-4-6-8-18/h4-12H,13-17H2,1-3H3,(H,23,26). The van der Waals surface area contributed by atoms with Gasteiger partial charge in [0.15, 0.2) is 0 Å². The predicted octanol–water partition coefficient (Wildman–Crippen LogP) is 3.99. The van der Waals surface area contributed by atoms with Gasteiger partial charge in [-0.2, -0.15) is 0 Å². The van der Waals surface area contributed by atoms with Crippen LogP contribution in [0.3, 0.4) is 0 Å². The van der Waals surface area contributed by atoms with E-state index in [0.717, 1.165) is 38.4 Å². The van der Waals surface area contributed by atoms with Gasteiger partial charge in [-0.1, -0.05) is 51.1 Å². The molecule has 0 radical (unpaired) electrons. The molecule has 1 N–H and O–H groups in total. The first-order valence-electron chi connectivity index (χ1n) is 9.34. The molecule has 4 nitrogen and oxygen atoms in total. The molecular weight excluding hydrogens is 322 g/mol. The summed E-state index contributed by atoms with van der Waals surface area (Å²) in [5, 5.41) is 2.98. The van der Waals surface area contributed by atoms with E-state index in [1.165, 1.54) is 11.3 Å². The van der Waals surface area contributed by atoms with E-state index in [0.29, 0.717) is 0 Å². The van der Waals surface area contributed by atoms with Crippen molar-refractivity contribution < 1.29 is 4.79 Å². The summed E-state index contributed by atoms with van der Waals surface area (Å²) in [4.78, 5) is 17.0. The zero-order valence-corrected chi connectivity index (χ0v) is 16.0. The summed E-state index contributed by atoms with van der Waals surface area (Å²) in [7, 11) is 0. The van der Waals surface area contributed by atoms with Gasteiger partial charge in [-0.25, -0.2) is 0 Å². The topological polar surface area (TPSA) is 35.6 Å². The highest BCUT2D eigenvalue weighted by atomic mass is 16.2. The van der Waals surface area contributed by atoms with Crippen LogP contribution in [0.15, 0.2) is 54.6 Å². The number of hydrogen-bond acceptors (Lipinski definition) is 3. The molecule has 0 atom stereocenters. The molecule has 1 amide bonds. The number of carbonyl (C=O) groups is 1. The molecule has 1 aliphatic heterocycles. The Morgan fingerprint density at radius 2 is 1.54 bits per heavy atom. The molecule has 1 aliphatic rings. The lowest BCUT2D eigenvalue weighted by molar-refractivity contribution is -0.123. The van der Waals surface area contributed by atoms with Crippen molar-refractivity contribution in [1.29, 1.82) is 0 Å². The van der Waals surface area contributed by atoms with E-state index < -0.39 is 0 Å². The summed E-state index contributed by atoms with van der Waals surface area (Å²) in [5.41, 5.74) is 3.07. The second-order valence-corrected chi connectivity index (χ2v) is 8.00. The Bertz CT molecular complexity index is 711. The summed E-state index contributed by atoms with van der Waals surface area (Å²) in [6.45, 7) is 11.0. The molecule has 1 saturated heterocycles. The van der Waals surface area contributed by atoms with Gasteiger partial charge in [0.05, 0.1) is 0 Å². The number of anilines is 2. The minimum Gasteiger partial charge on any atom is -0.369 e. The van der Waals surface area contributed by atoms with Gasteiger partial charge in [0.1, 0.15) is 0 Å². The van der Waals surface area contributed by atoms with E-state index in [1.54, 1.807) is 0 Å². The summed E-state index contributed by atoms with van der Waals surface area (Å²) >= 11 is 0. The van der Waals surface area contributed by atoms with Crippen LogP contribution in [0.1, 0.15) is 26.3 Å². The molecule has 2 aromatic carbocycles. The number of nitrogens with zero attached hydrogens (tertiary/aromatic N) is 2. The molecule has 0 unspecified atom stereocenters. The van der Waals surface area contributed by atoms with Crippen molar-refractivity contribution in [3.8, 4) is 0 Å². The molecule has 4 heteroatoms. The van der Waals surface area contributed by atoms with Crippen LogP contribution in [0.25, 0.3) is 0 Å². The summed E-state index contributed by atoms with van der Waals surface area (Å²) in [5.74, 6) is 0.0415. The molecule has 0 bridgehead atoms. The summed E-state index contributed by atoms with van der Waals surface area (Å²) < 4.78 is 0. The molecule has 3 rings (SSSR count). The predicted molar refractivity (Wildman–Crippen MR) is 108 cm³/mol. The number of piperazine rings is 1. The van der Waals surface area contributed by atoms with E-state index in [-0.39, 0.29) is 11.3 Å². The summed E-state index contributed by atoms with van der Waals surface area (Å²) in [6, 6.07) is 18.8. The average molecular weight is 351 g/mol. The number of carbonyl (C=O) groups excluding carboxylic acids is 1. The highest BCUT2D eigenvalue weighted by Gasteiger charge is 2.21. The zero-order valence-electron chi connectivity index (χ0n) is 16.0. The second-order valence-electron chi connectivity index (χ2n) is 8.00. The lowest BCUT2D eigenvalue weighted by Crippen LogP contribution is -2.45. The van der Waals surface area contributed by atoms with Gasteiger partial charge >= 0.3 is 0 Å². The Labute approximate surface area is 156 Å². The van der Waals surface area contributed by atoms with Gasteiger partial charge < -0.3 is 10.2 Å². The minimum atomic E-state index is -0.381. The van der Waals surface area contributed by atoms with E-state index in [9.17, 15) is 4.79 Å². The highest BCUT2D eigenvalue weighted by Crippen LogP contribution is 2.22. The van der Waals surface area contributed by atoms with Gasteiger partial charge in [0.25, 0.3) is 0 Å². The maximum atomic E-state index is 12.1. The maximum absolute atomic E-state index is 12.1. The maximum Gasteiger partial charge on any atom is 0.229 e. The average Bonchev–Trinajstić information content (AvgIpc) is 2.63. The summed E-state index contributed by atoms with van der Waals surface area (Å²) in [6.07, 6.45) is 0. The van der Waals surface area contributed by atoms with Crippen molar-refractivity contribution in [1.82, 2.24) is 4.90 Å². The van der Waals surface area contributed by atoms with E-state index in [4.69, 9.17) is 0 Å². The molecule has 0 saturated carbocycles. The zero-order chi connectivity index (χ0) is 18.6. The fourth-order valence-corrected chi connectivity index (χ4v) is 3.08. The highest BCUT2D eigenvalue weighted by molar-refractivity contribution is 5.94. The number of hydrogen-bond donors (Lipinski definition) is 1. The molecule has 0 aliphatic carbocycles. The van der Waals surface area contributed by atoms with Crippen LogP contribution < -0.4 is 10.2 Å². The van der Waals surface area contributed by atoms with Crippen molar-refractivity contribution in [2.45, 2.75) is 27.3 Å². The quantitative estimate of drug-likeness (QED) is 0.904. The Balaban J connectivity index is 1.52. The Morgan fingerprint density at radius 1 is 0.923 bits per heavy atom. The van der Waals surface area contributed by atoms with Gasteiger partial charge in [0, 0.05) is 49.5 Å². The van der Waals surface area contributed by atoms with Gasteiger partial charge in [-0.15, -0.1) is 0 Å². The molecule has 0 aromatic heterocycles. The van der Waals surface area contributed by atoms with Gasteiger partial charge in [-0.3, -0.25) is 9.69 Å². The molecule has 0 spiro atoms. The second kappa shape index (κ2) is 7.92. The molecular formula is C22H29N3O. The van der Waals surface area contributed by atoms with Crippen LogP contribution in [0.2, 0.25) is 0 Å². The molecule has 138 valence electrons. The number of rotatable bonds is 4. The van der Waals surface area contributed by atoms with Crippen molar-refractivity contribution in [2.24, 2.45) is 5.41 Å². The van der Waals surface area contributed by atoms with E-state index in [1.807, 2.05) is 32.9 Å². The smallest absolute Gasteiger partial charge is 0.229 e. The van der Waals surface area contributed by atoms with Crippen LogP contribution in [0.4, 0.5) is 11.4 Å². The monoisotopic (exact) mass is 351 g/mol. The Hall–Kier alpha value is -2.33. The molecule has 26 heavy (non-hydrogen) atoms. The Morgan fingerprint density at radius 3 is 2.12 bits per heavy atom. The normalized spacial score (nSPS) is 15.7. The first-order chi connectivity index (χ1) is 12.4. The van der Waals surface area contributed by atoms with E-state index >= 15 is 0 Å². The lowest BCUT2D eigenvalue weighted by Gasteiger charge is -2.36. The van der Waals surface area contributed by atoms with Crippen LogP contribution >= 0.6 is 0 Å². The third-order valence-corrected chi connectivity index (χ3v) is 4.79. The first kappa shape index (κ1) is 18.5. The largest absolute Gasteiger partial charge is 0.369 e. The first-order valence-corrected chi connectivity index (χ1v) is 9.34. The lowest BCUT2D eigenvalue weighted by atomic mass is 9.95. The van der Waals surface area contributed by atoms with Crippen LogP contribution in [0, 0.1) is 5.41 Å². The van der Waals surface area contributed by atoms with E-state index in [2.05, 4.69) is 57.6 Å². The SMILES string of the molecule is CC(C)(C)C(=O)Nc1ccc(N2CCN(Cc3ccccc3)CC2)cc1. The fourth-order valence-electron chi connectivity index (χ4n) is 3.08. The van der Waals surface area contributed by atoms with Gasteiger partial charge in [-0.05, 0) is 29.8 Å². The third kappa shape index (κ3) is 4.85. The van der Waals surface area contributed by atoms with Crippen molar-refractivity contribution in [2.75, 3.05) is 36.4 Å². The van der Waals surface area contributed by atoms with Gasteiger partial charge in [0.2, 0.25) is 5.91 Å². The Kier molecular flexibility index (Phi) is 5.62.